The molecule has 0 aliphatic heterocycles. The highest BCUT2D eigenvalue weighted by Crippen LogP contribution is 2.22. The van der Waals surface area contributed by atoms with E-state index in [2.05, 4.69) is 10.3 Å². The second-order valence-corrected chi connectivity index (χ2v) is 5.81. The molecule has 1 aromatic heterocycles. The number of imidazole rings is 1. The maximum absolute atomic E-state index is 11.4. The molecule has 0 unspecified atom stereocenters. The van der Waals surface area contributed by atoms with Crippen LogP contribution in [0.4, 0.5) is 5.69 Å². The van der Waals surface area contributed by atoms with Crippen molar-refractivity contribution in [3.8, 4) is 0 Å². The molecule has 1 heterocycles. The second-order valence-electron chi connectivity index (χ2n) is 4.28. The molecule has 19 heavy (non-hydrogen) atoms. The maximum atomic E-state index is 11.4. The Morgan fingerprint density at radius 2 is 2.16 bits per heavy atom. The maximum Gasteiger partial charge on any atom is 0.238 e. The summed E-state index contributed by atoms with van der Waals surface area (Å²) in [7, 11) is -1.80. The SMILES string of the molecule is Cc1c(NCc2nccn2C)cccc1S(N)(=O)=O. The van der Waals surface area contributed by atoms with Crippen LogP contribution in [0.1, 0.15) is 11.4 Å². The van der Waals surface area contributed by atoms with Crippen LogP contribution in [-0.2, 0) is 23.6 Å². The molecule has 0 radical (unpaired) electrons. The summed E-state index contributed by atoms with van der Waals surface area (Å²) < 4.78 is 24.7. The number of aryl methyl sites for hydroxylation is 1. The average molecular weight is 280 g/mol. The van der Waals surface area contributed by atoms with E-state index in [0.717, 1.165) is 11.5 Å². The Hall–Kier alpha value is -1.86. The number of anilines is 1. The van der Waals surface area contributed by atoms with Gasteiger partial charge < -0.3 is 9.88 Å². The van der Waals surface area contributed by atoms with Gasteiger partial charge in [-0.2, -0.15) is 0 Å². The molecule has 0 spiro atoms. The van der Waals surface area contributed by atoms with Crippen LogP contribution in [-0.4, -0.2) is 18.0 Å². The summed E-state index contributed by atoms with van der Waals surface area (Å²) in [4.78, 5) is 4.33. The molecule has 1 aromatic carbocycles. The van der Waals surface area contributed by atoms with E-state index in [4.69, 9.17) is 5.14 Å². The molecule has 0 amide bonds. The number of nitrogens with two attached hydrogens (primary N) is 1. The van der Waals surface area contributed by atoms with Crippen molar-refractivity contribution in [3.63, 3.8) is 0 Å². The van der Waals surface area contributed by atoms with Gasteiger partial charge >= 0.3 is 0 Å². The lowest BCUT2D eigenvalue weighted by atomic mass is 10.2. The lowest BCUT2D eigenvalue weighted by Gasteiger charge is -2.12. The molecule has 0 fully saturated rings. The molecule has 0 aliphatic rings. The lowest BCUT2D eigenvalue weighted by Crippen LogP contribution is -2.15. The van der Waals surface area contributed by atoms with Gasteiger partial charge in [-0.05, 0) is 24.6 Å². The van der Waals surface area contributed by atoms with Crippen molar-refractivity contribution in [3.05, 3.63) is 42.0 Å². The summed E-state index contributed by atoms with van der Waals surface area (Å²) in [5, 5.41) is 8.33. The van der Waals surface area contributed by atoms with Gasteiger partial charge in [0.05, 0.1) is 11.4 Å². The van der Waals surface area contributed by atoms with Crippen molar-refractivity contribution in [1.82, 2.24) is 9.55 Å². The van der Waals surface area contributed by atoms with Crippen molar-refractivity contribution in [1.29, 1.82) is 0 Å². The number of rotatable bonds is 4. The summed E-state index contributed by atoms with van der Waals surface area (Å²) >= 11 is 0. The highest BCUT2D eigenvalue weighted by atomic mass is 32.2. The Kier molecular flexibility index (Phi) is 3.59. The zero-order chi connectivity index (χ0) is 14.0. The van der Waals surface area contributed by atoms with Crippen molar-refractivity contribution in [2.45, 2.75) is 18.4 Å². The Bertz CT molecular complexity index is 692. The summed E-state index contributed by atoms with van der Waals surface area (Å²) in [5.41, 5.74) is 1.34. The fraction of sp³-hybridized carbons (Fsp3) is 0.250. The van der Waals surface area contributed by atoms with Crippen molar-refractivity contribution in [2.24, 2.45) is 12.2 Å². The zero-order valence-corrected chi connectivity index (χ0v) is 11.6. The molecule has 102 valence electrons. The number of nitrogens with zero attached hydrogens (tertiary/aromatic N) is 2. The van der Waals surface area contributed by atoms with Gasteiger partial charge in [0.25, 0.3) is 0 Å². The topological polar surface area (TPSA) is 90.0 Å². The van der Waals surface area contributed by atoms with Crippen molar-refractivity contribution >= 4 is 15.7 Å². The largest absolute Gasteiger partial charge is 0.378 e. The van der Waals surface area contributed by atoms with E-state index >= 15 is 0 Å². The quantitative estimate of drug-likeness (QED) is 0.873. The number of hydrogen-bond acceptors (Lipinski definition) is 4. The van der Waals surface area contributed by atoms with Crippen LogP contribution in [0.5, 0.6) is 0 Å². The van der Waals surface area contributed by atoms with Crippen LogP contribution < -0.4 is 10.5 Å². The minimum absolute atomic E-state index is 0.136. The summed E-state index contributed by atoms with van der Waals surface area (Å²) in [6, 6.07) is 4.97. The molecule has 2 aromatic rings. The van der Waals surface area contributed by atoms with Crippen LogP contribution in [0, 0.1) is 6.92 Å². The highest BCUT2D eigenvalue weighted by molar-refractivity contribution is 7.89. The van der Waals surface area contributed by atoms with Gasteiger partial charge in [0, 0.05) is 25.1 Å². The van der Waals surface area contributed by atoms with E-state index in [-0.39, 0.29) is 4.90 Å². The van der Waals surface area contributed by atoms with Crippen molar-refractivity contribution in [2.75, 3.05) is 5.32 Å². The third kappa shape index (κ3) is 2.94. The Balaban J connectivity index is 2.25. The number of sulfonamides is 1. The van der Waals surface area contributed by atoms with Gasteiger partial charge in [-0.1, -0.05) is 6.07 Å². The number of aromatic nitrogens is 2. The number of hydrogen-bond donors (Lipinski definition) is 2. The van der Waals surface area contributed by atoms with Gasteiger partial charge in [0.2, 0.25) is 10.0 Å². The Labute approximate surface area is 112 Å². The van der Waals surface area contributed by atoms with E-state index in [0.29, 0.717) is 12.1 Å². The normalized spacial score (nSPS) is 11.5. The number of benzene rings is 1. The summed E-state index contributed by atoms with van der Waals surface area (Å²) in [5.74, 6) is 0.861. The first kappa shape index (κ1) is 13.6. The standard InChI is InChI=1S/C12H16N4O2S/c1-9-10(4-3-5-11(9)19(13,17)18)15-8-12-14-6-7-16(12)2/h3-7,15H,8H2,1-2H3,(H2,13,17,18). The number of primary sulfonamides is 1. The predicted octanol–water partition coefficient (Wildman–Crippen LogP) is 0.988. The Morgan fingerprint density at radius 3 is 2.74 bits per heavy atom. The van der Waals surface area contributed by atoms with Gasteiger partial charge in [-0.3, -0.25) is 0 Å². The molecular weight excluding hydrogens is 264 g/mol. The first-order valence-electron chi connectivity index (χ1n) is 5.72. The smallest absolute Gasteiger partial charge is 0.238 e. The van der Waals surface area contributed by atoms with Crippen LogP contribution >= 0.6 is 0 Å². The third-order valence-electron chi connectivity index (χ3n) is 2.95. The number of nitrogens with one attached hydrogen (secondary N) is 1. The highest BCUT2D eigenvalue weighted by Gasteiger charge is 2.13. The monoisotopic (exact) mass is 280 g/mol. The van der Waals surface area contributed by atoms with Crippen LogP contribution in [0.25, 0.3) is 0 Å². The predicted molar refractivity (Wildman–Crippen MR) is 73.1 cm³/mol. The summed E-state index contributed by atoms with van der Waals surface area (Å²) in [6.07, 6.45) is 3.56. The summed E-state index contributed by atoms with van der Waals surface area (Å²) in [6.45, 7) is 2.24. The van der Waals surface area contributed by atoms with E-state index in [1.807, 2.05) is 23.9 Å². The third-order valence-corrected chi connectivity index (χ3v) is 4.00. The Morgan fingerprint density at radius 1 is 1.42 bits per heavy atom. The van der Waals surface area contributed by atoms with E-state index in [1.54, 1.807) is 19.2 Å². The van der Waals surface area contributed by atoms with Gasteiger partial charge in [0.15, 0.2) is 0 Å². The van der Waals surface area contributed by atoms with E-state index in [9.17, 15) is 8.42 Å². The molecule has 0 bridgehead atoms. The van der Waals surface area contributed by atoms with Gasteiger partial charge in [-0.25, -0.2) is 18.5 Å². The minimum Gasteiger partial charge on any atom is -0.378 e. The minimum atomic E-state index is -3.70. The zero-order valence-electron chi connectivity index (χ0n) is 10.8. The molecule has 0 saturated heterocycles. The molecule has 0 saturated carbocycles. The lowest BCUT2D eigenvalue weighted by molar-refractivity contribution is 0.597. The molecule has 0 aliphatic carbocycles. The average Bonchev–Trinajstić information content (AvgIpc) is 2.72. The van der Waals surface area contributed by atoms with Gasteiger partial charge in [0.1, 0.15) is 5.82 Å². The molecule has 0 atom stereocenters. The molecular formula is C12H16N4O2S. The molecule has 3 N–H and O–H groups in total. The van der Waals surface area contributed by atoms with E-state index < -0.39 is 10.0 Å². The van der Waals surface area contributed by atoms with Crippen LogP contribution in [0.2, 0.25) is 0 Å². The van der Waals surface area contributed by atoms with Gasteiger partial charge in [-0.15, -0.1) is 0 Å². The first-order chi connectivity index (χ1) is 8.89. The van der Waals surface area contributed by atoms with Crippen LogP contribution in [0.15, 0.2) is 35.5 Å². The molecule has 6 nitrogen and oxygen atoms in total. The first-order valence-corrected chi connectivity index (χ1v) is 7.26. The van der Waals surface area contributed by atoms with E-state index in [1.165, 1.54) is 6.07 Å². The van der Waals surface area contributed by atoms with Crippen LogP contribution in [0.3, 0.4) is 0 Å². The molecule has 2 rings (SSSR count). The fourth-order valence-electron chi connectivity index (χ4n) is 1.86. The molecule has 7 heteroatoms. The fourth-order valence-corrected chi connectivity index (χ4v) is 2.66. The van der Waals surface area contributed by atoms with Crippen molar-refractivity contribution < 1.29 is 8.42 Å². The second kappa shape index (κ2) is 5.02.